The number of ether oxygens (including phenoxy) is 1. The lowest BCUT2D eigenvalue weighted by Crippen LogP contribution is -2.33. The molecule has 0 aromatic heterocycles. The average Bonchev–Trinajstić information content (AvgIpc) is 2.75. The third-order valence-electron chi connectivity index (χ3n) is 4.08. The second-order valence-electron chi connectivity index (χ2n) is 6.09. The Morgan fingerprint density at radius 3 is 2.46 bits per heavy atom. The second kappa shape index (κ2) is 8.45. The first-order chi connectivity index (χ1) is 11.5. The smallest absolute Gasteiger partial charge is 0.273 e. The molecule has 0 bridgehead atoms. The van der Waals surface area contributed by atoms with E-state index in [9.17, 15) is 9.59 Å². The molecular weight excluding hydrogens is 326 g/mol. The van der Waals surface area contributed by atoms with Crippen LogP contribution in [0.5, 0.6) is 0 Å². The monoisotopic (exact) mass is 349 g/mol. The zero-order chi connectivity index (χ0) is 17.7. The third kappa shape index (κ3) is 4.05. The van der Waals surface area contributed by atoms with Gasteiger partial charge in [-0.15, -0.1) is 0 Å². The van der Waals surface area contributed by atoms with E-state index in [4.69, 9.17) is 16.3 Å². The number of nitrogens with zero attached hydrogens (tertiary/aromatic N) is 1. The normalized spacial score (nSPS) is 14.9. The van der Waals surface area contributed by atoms with Gasteiger partial charge >= 0.3 is 0 Å². The van der Waals surface area contributed by atoms with Gasteiger partial charge < -0.3 is 4.74 Å². The number of carbonyl (C=O) groups is 2. The highest BCUT2D eigenvalue weighted by Crippen LogP contribution is 2.33. The predicted octanol–water partition coefficient (Wildman–Crippen LogP) is 3.83. The van der Waals surface area contributed by atoms with Gasteiger partial charge in [0.25, 0.3) is 11.8 Å². The summed E-state index contributed by atoms with van der Waals surface area (Å²) in [6.07, 6.45) is 2.72. The fourth-order valence-corrected chi connectivity index (χ4v) is 3.03. The maximum Gasteiger partial charge on any atom is 0.273 e. The van der Waals surface area contributed by atoms with Gasteiger partial charge in [0, 0.05) is 19.8 Å². The molecule has 0 aliphatic carbocycles. The van der Waals surface area contributed by atoms with Crippen molar-refractivity contribution in [3.63, 3.8) is 0 Å². The van der Waals surface area contributed by atoms with Crippen molar-refractivity contribution in [3.05, 3.63) is 39.9 Å². The molecule has 130 valence electrons. The highest BCUT2D eigenvalue weighted by Gasteiger charge is 2.38. The van der Waals surface area contributed by atoms with E-state index in [0.29, 0.717) is 31.8 Å². The summed E-state index contributed by atoms with van der Waals surface area (Å²) in [5, 5.41) is 0.0128. The molecule has 2 amide bonds. The quantitative estimate of drug-likeness (QED) is 0.529. The SMILES string of the molecule is CCCCOCCCN1C(=O)C(Cl)=C(c2ccc(C)cc2C)C1=O. The summed E-state index contributed by atoms with van der Waals surface area (Å²) in [5.41, 5.74) is 3.08. The van der Waals surface area contributed by atoms with Gasteiger partial charge in [0.2, 0.25) is 0 Å². The van der Waals surface area contributed by atoms with Crippen LogP contribution in [0.25, 0.3) is 5.57 Å². The molecule has 0 fully saturated rings. The number of benzene rings is 1. The summed E-state index contributed by atoms with van der Waals surface area (Å²) in [4.78, 5) is 26.2. The highest BCUT2D eigenvalue weighted by molar-refractivity contribution is 6.55. The van der Waals surface area contributed by atoms with Crippen molar-refractivity contribution in [2.75, 3.05) is 19.8 Å². The minimum Gasteiger partial charge on any atom is -0.381 e. The molecule has 2 rings (SSSR count). The largest absolute Gasteiger partial charge is 0.381 e. The molecule has 0 unspecified atom stereocenters. The van der Waals surface area contributed by atoms with Crippen molar-refractivity contribution in [2.24, 2.45) is 0 Å². The van der Waals surface area contributed by atoms with Crippen molar-refractivity contribution in [3.8, 4) is 0 Å². The van der Waals surface area contributed by atoms with E-state index in [0.717, 1.165) is 29.5 Å². The number of unbranched alkanes of at least 4 members (excludes halogenated alkanes) is 1. The Labute approximate surface area is 148 Å². The van der Waals surface area contributed by atoms with Gasteiger partial charge in [-0.1, -0.05) is 48.7 Å². The average molecular weight is 350 g/mol. The van der Waals surface area contributed by atoms with Gasteiger partial charge in [-0.2, -0.15) is 0 Å². The minimum atomic E-state index is -0.412. The zero-order valence-corrected chi connectivity index (χ0v) is 15.3. The summed E-state index contributed by atoms with van der Waals surface area (Å²) in [5.74, 6) is -0.726. The molecule has 1 aliphatic heterocycles. The van der Waals surface area contributed by atoms with Gasteiger partial charge in [0.1, 0.15) is 5.03 Å². The molecule has 1 aromatic carbocycles. The zero-order valence-electron chi connectivity index (χ0n) is 14.5. The standard InChI is InChI=1S/C19H24ClNO3/c1-4-5-10-24-11-6-9-21-18(22)16(17(20)19(21)23)15-8-7-13(2)12-14(15)3/h7-8,12H,4-6,9-11H2,1-3H3. The van der Waals surface area contributed by atoms with Crippen LogP contribution in [0.4, 0.5) is 0 Å². The maximum absolute atomic E-state index is 12.7. The van der Waals surface area contributed by atoms with Crippen molar-refractivity contribution < 1.29 is 14.3 Å². The number of carbonyl (C=O) groups excluding carboxylic acids is 2. The van der Waals surface area contributed by atoms with Crippen LogP contribution in [-0.2, 0) is 14.3 Å². The van der Waals surface area contributed by atoms with Crippen LogP contribution in [0.2, 0.25) is 0 Å². The van der Waals surface area contributed by atoms with E-state index in [1.165, 1.54) is 4.90 Å². The molecule has 4 nitrogen and oxygen atoms in total. The molecule has 1 aliphatic rings. The van der Waals surface area contributed by atoms with Gasteiger partial charge in [-0.3, -0.25) is 14.5 Å². The third-order valence-corrected chi connectivity index (χ3v) is 4.43. The van der Waals surface area contributed by atoms with E-state index in [1.807, 2.05) is 32.0 Å². The maximum atomic E-state index is 12.7. The van der Waals surface area contributed by atoms with Crippen molar-refractivity contribution in [1.82, 2.24) is 4.90 Å². The topological polar surface area (TPSA) is 46.6 Å². The number of imide groups is 1. The molecule has 1 heterocycles. The lowest BCUT2D eigenvalue weighted by Gasteiger charge is -2.15. The molecule has 0 N–H and O–H groups in total. The second-order valence-corrected chi connectivity index (χ2v) is 6.47. The number of rotatable bonds is 8. The molecule has 1 aromatic rings. The van der Waals surface area contributed by atoms with Crippen LogP contribution in [0.1, 0.15) is 42.9 Å². The van der Waals surface area contributed by atoms with Crippen LogP contribution in [0.3, 0.4) is 0 Å². The lowest BCUT2D eigenvalue weighted by molar-refractivity contribution is -0.136. The minimum absolute atomic E-state index is 0.0128. The summed E-state index contributed by atoms with van der Waals surface area (Å²) >= 11 is 6.18. The Hall–Kier alpha value is -1.65. The molecule has 0 saturated heterocycles. The van der Waals surface area contributed by atoms with Crippen LogP contribution in [-0.4, -0.2) is 36.5 Å². The van der Waals surface area contributed by atoms with Gasteiger partial charge in [-0.05, 0) is 37.8 Å². The molecule has 0 spiro atoms. The Morgan fingerprint density at radius 2 is 1.79 bits per heavy atom. The Morgan fingerprint density at radius 1 is 1.08 bits per heavy atom. The van der Waals surface area contributed by atoms with Crippen LogP contribution < -0.4 is 0 Å². The number of aryl methyl sites for hydroxylation is 2. The van der Waals surface area contributed by atoms with Gasteiger partial charge in [-0.25, -0.2) is 0 Å². The number of halogens is 1. The first kappa shape index (κ1) is 18.7. The van der Waals surface area contributed by atoms with Crippen LogP contribution >= 0.6 is 11.6 Å². The number of hydrogen-bond donors (Lipinski definition) is 0. The summed E-state index contributed by atoms with van der Waals surface area (Å²) < 4.78 is 5.48. The van der Waals surface area contributed by atoms with E-state index in [1.54, 1.807) is 0 Å². The first-order valence-corrected chi connectivity index (χ1v) is 8.76. The fraction of sp³-hybridized carbons (Fsp3) is 0.474. The summed E-state index contributed by atoms with van der Waals surface area (Å²) in [6.45, 7) is 7.58. The molecule has 0 atom stereocenters. The fourth-order valence-electron chi connectivity index (χ4n) is 2.75. The van der Waals surface area contributed by atoms with Crippen LogP contribution in [0.15, 0.2) is 23.2 Å². The van der Waals surface area contributed by atoms with Crippen molar-refractivity contribution in [1.29, 1.82) is 0 Å². The molecular formula is C19H24ClNO3. The lowest BCUT2D eigenvalue weighted by atomic mass is 9.99. The molecule has 5 heteroatoms. The number of amides is 2. The van der Waals surface area contributed by atoms with E-state index in [-0.39, 0.29) is 10.9 Å². The first-order valence-electron chi connectivity index (χ1n) is 8.38. The highest BCUT2D eigenvalue weighted by atomic mass is 35.5. The van der Waals surface area contributed by atoms with Crippen molar-refractivity contribution >= 4 is 29.0 Å². The summed E-state index contributed by atoms with van der Waals surface area (Å²) in [6, 6.07) is 5.75. The Balaban J connectivity index is 2.04. The summed E-state index contributed by atoms with van der Waals surface area (Å²) in [7, 11) is 0. The van der Waals surface area contributed by atoms with Crippen molar-refractivity contribution in [2.45, 2.75) is 40.0 Å². The van der Waals surface area contributed by atoms with E-state index in [2.05, 4.69) is 6.92 Å². The van der Waals surface area contributed by atoms with E-state index < -0.39 is 5.91 Å². The van der Waals surface area contributed by atoms with Crippen LogP contribution in [0, 0.1) is 13.8 Å². The molecule has 0 radical (unpaired) electrons. The predicted molar refractivity (Wildman–Crippen MR) is 95.8 cm³/mol. The molecule has 24 heavy (non-hydrogen) atoms. The molecule has 0 saturated carbocycles. The number of hydrogen-bond acceptors (Lipinski definition) is 3. The Kier molecular flexibility index (Phi) is 6.58. The van der Waals surface area contributed by atoms with Gasteiger partial charge in [0.15, 0.2) is 0 Å². The van der Waals surface area contributed by atoms with E-state index >= 15 is 0 Å². The Bertz CT molecular complexity index is 667. The van der Waals surface area contributed by atoms with Gasteiger partial charge in [0.05, 0.1) is 5.57 Å².